The van der Waals surface area contributed by atoms with Crippen LogP contribution in [-0.4, -0.2) is 9.97 Å². The number of thioether (sulfide) groups is 1. The van der Waals surface area contributed by atoms with Crippen molar-refractivity contribution < 1.29 is 0 Å². The highest BCUT2D eigenvalue weighted by atomic mass is 32.2. The number of nitrogens with zero attached hydrogens (tertiary/aromatic N) is 2. The number of aromatic nitrogens is 2. The summed E-state index contributed by atoms with van der Waals surface area (Å²) in [5.41, 5.74) is 4.56. The van der Waals surface area contributed by atoms with Crippen molar-refractivity contribution >= 4 is 64.8 Å². The lowest BCUT2D eigenvalue weighted by Crippen LogP contribution is -2.12. The molecule has 0 amide bonds. The van der Waals surface area contributed by atoms with Crippen LogP contribution in [0.4, 0.5) is 0 Å². The molecule has 0 saturated heterocycles. The van der Waals surface area contributed by atoms with E-state index in [1.165, 1.54) is 30.6 Å². The Morgan fingerprint density at radius 1 is 1.03 bits per heavy atom. The first-order valence-electron chi connectivity index (χ1n) is 9.42. The van der Waals surface area contributed by atoms with Crippen LogP contribution in [0.25, 0.3) is 41.6 Å². The van der Waals surface area contributed by atoms with Gasteiger partial charge in [0.25, 0.3) is 0 Å². The molecule has 0 unspecified atom stereocenters. The van der Waals surface area contributed by atoms with E-state index in [9.17, 15) is 0 Å². The first-order valence-corrected chi connectivity index (χ1v) is 12.0. The third kappa shape index (κ3) is 3.18. The predicted octanol–water partition coefficient (Wildman–Crippen LogP) is 8.26. The lowest BCUT2D eigenvalue weighted by molar-refractivity contribution is 0.578. The first-order chi connectivity index (χ1) is 14.0. The normalized spacial score (nSPS) is 12.2. The minimum atomic E-state index is 0.0397. The average molecular weight is 433 g/mol. The summed E-state index contributed by atoms with van der Waals surface area (Å²) < 4.78 is 3.73. The van der Waals surface area contributed by atoms with E-state index in [4.69, 9.17) is 4.98 Å². The molecule has 0 aliphatic carbocycles. The van der Waals surface area contributed by atoms with Crippen molar-refractivity contribution in [2.45, 2.75) is 31.1 Å². The maximum Gasteiger partial charge on any atom is 0.116 e. The van der Waals surface area contributed by atoms with E-state index in [1.54, 1.807) is 40.8 Å². The largest absolute Gasteiger partial charge is 0.235 e. The van der Waals surface area contributed by atoms with Crippen LogP contribution in [0.1, 0.15) is 26.3 Å². The molecule has 0 aliphatic heterocycles. The average Bonchev–Trinajstić information content (AvgIpc) is 3.29. The Balaban J connectivity index is 1.76. The number of thiophene rings is 2. The molecular formula is C24H20N2S3. The van der Waals surface area contributed by atoms with E-state index in [-0.39, 0.29) is 5.41 Å². The number of fused-ring (bicyclic) bond motifs is 4. The first kappa shape index (κ1) is 18.8. The van der Waals surface area contributed by atoms with Gasteiger partial charge in [-0.1, -0.05) is 45.2 Å². The SMILES string of the molecule is C=CSc1ccc(-c2ncnc3c2sc2cc4ccsc4cc23)cc1C(C)(C)C. The quantitative estimate of drug-likeness (QED) is 0.268. The molecule has 5 heteroatoms. The summed E-state index contributed by atoms with van der Waals surface area (Å²) in [7, 11) is 0. The topological polar surface area (TPSA) is 25.8 Å². The molecule has 5 rings (SSSR count). The molecule has 0 saturated carbocycles. The van der Waals surface area contributed by atoms with Crippen molar-refractivity contribution in [3.8, 4) is 11.3 Å². The molecule has 0 N–H and O–H groups in total. The van der Waals surface area contributed by atoms with Crippen LogP contribution in [0.5, 0.6) is 0 Å². The Bertz CT molecular complexity index is 1390. The van der Waals surface area contributed by atoms with Gasteiger partial charge in [-0.2, -0.15) is 0 Å². The smallest absolute Gasteiger partial charge is 0.116 e. The summed E-state index contributed by atoms with van der Waals surface area (Å²) in [6.07, 6.45) is 1.70. The number of hydrogen-bond acceptors (Lipinski definition) is 5. The van der Waals surface area contributed by atoms with Crippen LogP contribution in [0, 0.1) is 0 Å². The Hall–Kier alpha value is -2.21. The van der Waals surface area contributed by atoms with Crippen LogP contribution >= 0.6 is 34.4 Å². The molecule has 144 valence electrons. The Morgan fingerprint density at radius 2 is 1.90 bits per heavy atom. The predicted molar refractivity (Wildman–Crippen MR) is 130 cm³/mol. The number of benzene rings is 2. The van der Waals surface area contributed by atoms with E-state index < -0.39 is 0 Å². The van der Waals surface area contributed by atoms with Gasteiger partial charge in [-0.15, -0.1) is 22.7 Å². The second-order valence-corrected chi connectivity index (χ2v) is 11.1. The van der Waals surface area contributed by atoms with Crippen molar-refractivity contribution in [2.24, 2.45) is 0 Å². The van der Waals surface area contributed by atoms with E-state index in [0.717, 1.165) is 21.5 Å². The summed E-state index contributed by atoms with van der Waals surface area (Å²) in [6, 6.07) is 13.4. The highest BCUT2D eigenvalue weighted by molar-refractivity contribution is 8.02. The van der Waals surface area contributed by atoms with Crippen molar-refractivity contribution in [2.75, 3.05) is 0 Å². The van der Waals surface area contributed by atoms with Gasteiger partial charge in [0.05, 0.1) is 15.9 Å². The highest BCUT2D eigenvalue weighted by Crippen LogP contribution is 2.42. The van der Waals surface area contributed by atoms with E-state index >= 15 is 0 Å². The van der Waals surface area contributed by atoms with Gasteiger partial charge >= 0.3 is 0 Å². The van der Waals surface area contributed by atoms with Crippen LogP contribution in [0.2, 0.25) is 0 Å². The molecule has 2 aromatic carbocycles. The second-order valence-electron chi connectivity index (χ2n) is 8.05. The summed E-state index contributed by atoms with van der Waals surface area (Å²) in [5, 5.41) is 6.56. The van der Waals surface area contributed by atoms with Crippen molar-refractivity contribution in [1.29, 1.82) is 0 Å². The summed E-state index contributed by atoms with van der Waals surface area (Å²) >= 11 is 5.24. The minimum absolute atomic E-state index is 0.0397. The van der Waals surface area contributed by atoms with Gasteiger partial charge in [-0.3, -0.25) is 0 Å². The van der Waals surface area contributed by atoms with Gasteiger partial charge in [0.2, 0.25) is 0 Å². The molecule has 0 spiro atoms. The number of rotatable bonds is 3. The van der Waals surface area contributed by atoms with E-state index in [0.29, 0.717) is 0 Å². The molecule has 3 aromatic heterocycles. The zero-order chi connectivity index (χ0) is 20.2. The van der Waals surface area contributed by atoms with Crippen LogP contribution < -0.4 is 0 Å². The zero-order valence-corrected chi connectivity index (χ0v) is 19.0. The van der Waals surface area contributed by atoms with Crippen LogP contribution in [0.15, 0.2) is 65.0 Å². The molecule has 0 atom stereocenters. The third-order valence-corrected chi connectivity index (χ3v) is 7.90. The molecule has 3 heterocycles. The van der Waals surface area contributed by atoms with Crippen molar-refractivity contribution in [3.63, 3.8) is 0 Å². The van der Waals surface area contributed by atoms with Crippen LogP contribution in [0.3, 0.4) is 0 Å². The van der Waals surface area contributed by atoms with Gasteiger partial charge in [0, 0.05) is 25.2 Å². The molecule has 29 heavy (non-hydrogen) atoms. The lowest BCUT2D eigenvalue weighted by Gasteiger charge is -2.23. The maximum atomic E-state index is 4.70. The molecule has 0 aliphatic rings. The monoisotopic (exact) mass is 432 g/mol. The lowest BCUT2D eigenvalue weighted by atomic mass is 9.85. The van der Waals surface area contributed by atoms with E-state index in [1.807, 2.05) is 5.41 Å². The fourth-order valence-corrected chi connectivity index (χ4v) is 6.52. The van der Waals surface area contributed by atoms with Gasteiger partial charge in [0.15, 0.2) is 0 Å². The summed E-state index contributed by atoms with van der Waals surface area (Å²) in [6.45, 7) is 10.6. The molecule has 5 aromatic rings. The van der Waals surface area contributed by atoms with Crippen molar-refractivity contribution in [3.05, 3.63) is 65.7 Å². The minimum Gasteiger partial charge on any atom is -0.235 e. The van der Waals surface area contributed by atoms with Gasteiger partial charge < -0.3 is 0 Å². The van der Waals surface area contributed by atoms with Crippen LogP contribution in [-0.2, 0) is 5.41 Å². The van der Waals surface area contributed by atoms with E-state index in [2.05, 4.69) is 74.1 Å². The number of hydrogen-bond donors (Lipinski definition) is 0. The molecule has 0 bridgehead atoms. The Labute approximate surface area is 182 Å². The second kappa shape index (κ2) is 6.94. The summed E-state index contributed by atoms with van der Waals surface area (Å²) in [5.74, 6) is 0. The van der Waals surface area contributed by atoms with Crippen molar-refractivity contribution in [1.82, 2.24) is 9.97 Å². The molecular weight excluding hydrogens is 412 g/mol. The maximum absolute atomic E-state index is 4.70. The Kier molecular flexibility index (Phi) is 4.50. The Morgan fingerprint density at radius 3 is 2.69 bits per heavy atom. The summed E-state index contributed by atoms with van der Waals surface area (Å²) in [4.78, 5) is 10.6. The van der Waals surface area contributed by atoms with Gasteiger partial charge in [-0.05, 0) is 57.5 Å². The fourth-order valence-electron chi connectivity index (χ4n) is 3.69. The zero-order valence-electron chi connectivity index (χ0n) is 16.5. The molecule has 2 nitrogen and oxygen atoms in total. The van der Waals surface area contributed by atoms with Gasteiger partial charge in [0.1, 0.15) is 6.33 Å². The molecule has 0 radical (unpaired) electrons. The fraction of sp³-hybridized carbons (Fsp3) is 0.167. The molecule has 0 fully saturated rings. The highest BCUT2D eigenvalue weighted by Gasteiger charge is 2.20. The standard InChI is InChI=1S/C24H20N2S3/c1-5-27-18-7-6-15(10-17(18)24(2,3)4)21-23-22(26-13-25-21)16-12-19-14(8-9-28-19)11-20(16)29-23/h5-13H,1H2,2-4H3. The third-order valence-electron chi connectivity index (χ3n) is 5.10. The van der Waals surface area contributed by atoms with Gasteiger partial charge in [-0.25, -0.2) is 9.97 Å².